The van der Waals surface area contributed by atoms with E-state index in [4.69, 9.17) is 5.26 Å². The van der Waals surface area contributed by atoms with Crippen LogP contribution in [-0.2, 0) is 21.2 Å². The zero-order chi connectivity index (χ0) is 16.4. The second-order valence-corrected chi connectivity index (χ2v) is 6.78. The molecule has 0 radical (unpaired) electrons. The van der Waals surface area contributed by atoms with Gasteiger partial charge in [-0.05, 0) is 42.3 Å². The van der Waals surface area contributed by atoms with Gasteiger partial charge in [0.15, 0.2) is 0 Å². The molecular weight excluding hydrogens is 314 g/mol. The first kappa shape index (κ1) is 15.1. The molecule has 0 atom stereocenters. The Labute approximate surface area is 133 Å². The average Bonchev–Trinajstić information content (AvgIpc) is 2.54. The number of carbonyl (C=O) groups excluding carboxylic acids is 1. The van der Waals surface area contributed by atoms with Gasteiger partial charge in [-0.15, -0.1) is 0 Å². The highest BCUT2D eigenvalue weighted by molar-refractivity contribution is 7.92. The molecule has 0 aliphatic carbocycles. The lowest BCUT2D eigenvalue weighted by Crippen LogP contribution is -2.19. The fourth-order valence-electron chi connectivity index (χ4n) is 2.45. The Kier molecular flexibility index (Phi) is 3.76. The third-order valence-electron chi connectivity index (χ3n) is 3.55. The molecule has 0 aromatic heterocycles. The maximum absolute atomic E-state index is 12.5. The van der Waals surface area contributed by atoms with E-state index in [2.05, 4.69) is 10.0 Å². The molecule has 116 valence electrons. The van der Waals surface area contributed by atoms with Gasteiger partial charge >= 0.3 is 0 Å². The minimum atomic E-state index is -3.85. The van der Waals surface area contributed by atoms with Crippen LogP contribution >= 0.6 is 0 Å². The molecule has 0 saturated carbocycles. The minimum absolute atomic E-state index is 0.0474. The van der Waals surface area contributed by atoms with Crippen LogP contribution in [0.5, 0.6) is 0 Å². The van der Waals surface area contributed by atoms with Gasteiger partial charge in [0.05, 0.1) is 5.56 Å². The summed E-state index contributed by atoms with van der Waals surface area (Å²) in [6.07, 6.45) is 0.936. The van der Waals surface area contributed by atoms with Crippen LogP contribution in [0.1, 0.15) is 17.5 Å². The summed E-state index contributed by atoms with van der Waals surface area (Å²) in [5, 5.41) is 11.8. The maximum atomic E-state index is 12.5. The van der Waals surface area contributed by atoms with Crippen LogP contribution in [0.2, 0.25) is 0 Å². The average molecular weight is 327 g/mol. The maximum Gasteiger partial charge on any atom is 0.263 e. The lowest BCUT2D eigenvalue weighted by molar-refractivity contribution is -0.116. The summed E-state index contributed by atoms with van der Waals surface area (Å²) >= 11 is 0. The van der Waals surface area contributed by atoms with Crippen molar-refractivity contribution in [2.24, 2.45) is 0 Å². The van der Waals surface area contributed by atoms with Crippen LogP contribution in [0.4, 0.5) is 11.4 Å². The largest absolute Gasteiger partial charge is 0.326 e. The van der Waals surface area contributed by atoms with Gasteiger partial charge < -0.3 is 5.32 Å². The Morgan fingerprint density at radius 1 is 1.13 bits per heavy atom. The highest BCUT2D eigenvalue weighted by Gasteiger charge is 2.20. The zero-order valence-corrected chi connectivity index (χ0v) is 12.9. The number of nitrogens with one attached hydrogen (secondary N) is 2. The summed E-state index contributed by atoms with van der Waals surface area (Å²) in [7, 11) is -3.85. The Morgan fingerprint density at radius 3 is 2.70 bits per heavy atom. The molecular formula is C16H13N3O3S. The Morgan fingerprint density at radius 2 is 1.91 bits per heavy atom. The topological polar surface area (TPSA) is 99.1 Å². The predicted octanol–water partition coefficient (Wildman–Crippen LogP) is 2.24. The number of amides is 1. The summed E-state index contributed by atoms with van der Waals surface area (Å²) < 4.78 is 27.4. The van der Waals surface area contributed by atoms with E-state index in [-0.39, 0.29) is 16.4 Å². The number of hydrogen-bond donors (Lipinski definition) is 2. The monoisotopic (exact) mass is 327 g/mol. The summed E-state index contributed by atoms with van der Waals surface area (Å²) in [5.41, 5.74) is 2.05. The second-order valence-electron chi connectivity index (χ2n) is 5.13. The number of sulfonamides is 1. The van der Waals surface area contributed by atoms with Gasteiger partial charge in [-0.3, -0.25) is 9.52 Å². The summed E-state index contributed by atoms with van der Waals surface area (Å²) in [6.45, 7) is 0. The van der Waals surface area contributed by atoms with Crippen LogP contribution in [0.15, 0.2) is 47.4 Å². The Bertz CT molecular complexity index is 930. The molecule has 3 rings (SSSR count). The number of carbonyl (C=O) groups is 1. The van der Waals surface area contributed by atoms with E-state index in [0.717, 1.165) is 5.56 Å². The molecule has 2 aromatic carbocycles. The van der Waals surface area contributed by atoms with Crippen molar-refractivity contribution >= 4 is 27.3 Å². The Balaban J connectivity index is 1.93. The van der Waals surface area contributed by atoms with Crippen LogP contribution in [0.25, 0.3) is 0 Å². The predicted molar refractivity (Wildman–Crippen MR) is 85.4 cm³/mol. The first-order chi connectivity index (χ1) is 11.0. The van der Waals surface area contributed by atoms with Gasteiger partial charge in [-0.1, -0.05) is 12.1 Å². The highest BCUT2D eigenvalue weighted by Crippen LogP contribution is 2.27. The van der Waals surface area contributed by atoms with E-state index >= 15 is 0 Å². The standard InChI is InChI=1S/C16H13N3O3S/c17-10-12-3-1-2-4-15(12)23(21,22)19-13-6-7-14-11(9-13)5-8-16(20)18-14/h1-4,6-7,9,19H,5,8H2,(H,18,20). The highest BCUT2D eigenvalue weighted by atomic mass is 32.2. The van der Waals surface area contributed by atoms with E-state index in [1.165, 1.54) is 12.1 Å². The summed E-state index contributed by atoms with van der Waals surface area (Å²) in [5.74, 6) is -0.0474. The molecule has 1 amide bonds. The number of nitriles is 1. The fraction of sp³-hybridized carbons (Fsp3) is 0.125. The van der Waals surface area contributed by atoms with E-state index in [9.17, 15) is 13.2 Å². The Hall–Kier alpha value is -2.85. The molecule has 6 nitrogen and oxygen atoms in total. The van der Waals surface area contributed by atoms with Gasteiger partial charge in [0, 0.05) is 17.8 Å². The first-order valence-corrected chi connectivity index (χ1v) is 8.42. The number of rotatable bonds is 3. The molecule has 23 heavy (non-hydrogen) atoms. The van der Waals surface area contributed by atoms with Crippen molar-refractivity contribution in [3.63, 3.8) is 0 Å². The molecule has 7 heteroatoms. The van der Waals surface area contributed by atoms with Gasteiger partial charge in [0.25, 0.3) is 10.0 Å². The van der Waals surface area contributed by atoms with E-state index in [0.29, 0.717) is 24.2 Å². The molecule has 2 N–H and O–H groups in total. The SMILES string of the molecule is N#Cc1ccccc1S(=O)(=O)Nc1ccc2c(c1)CCC(=O)N2. The molecule has 1 aliphatic rings. The number of aryl methyl sites for hydroxylation is 1. The number of benzene rings is 2. The van der Waals surface area contributed by atoms with Crippen molar-refractivity contribution in [1.29, 1.82) is 5.26 Å². The van der Waals surface area contributed by atoms with Crippen molar-refractivity contribution in [1.82, 2.24) is 0 Å². The zero-order valence-electron chi connectivity index (χ0n) is 12.0. The first-order valence-electron chi connectivity index (χ1n) is 6.94. The van der Waals surface area contributed by atoms with Crippen LogP contribution in [0, 0.1) is 11.3 Å². The smallest absolute Gasteiger partial charge is 0.263 e. The molecule has 0 bridgehead atoms. The normalized spacial score (nSPS) is 13.6. The quantitative estimate of drug-likeness (QED) is 0.903. The molecule has 2 aromatic rings. The lowest BCUT2D eigenvalue weighted by Gasteiger charge is -2.18. The molecule has 0 spiro atoms. The second kappa shape index (κ2) is 5.74. The lowest BCUT2D eigenvalue weighted by atomic mass is 10.0. The van der Waals surface area contributed by atoms with Crippen LogP contribution in [-0.4, -0.2) is 14.3 Å². The van der Waals surface area contributed by atoms with Crippen molar-refractivity contribution < 1.29 is 13.2 Å². The van der Waals surface area contributed by atoms with E-state index in [1.807, 2.05) is 6.07 Å². The summed E-state index contributed by atoms with van der Waals surface area (Å²) in [4.78, 5) is 11.3. The molecule has 0 saturated heterocycles. The van der Waals surface area contributed by atoms with Gasteiger partial charge in [-0.25, -0.2) is 8.42 Å². The number of anilines is 2. The fourth-order valence-corrected chi connectivity index (χ4v) is 3.66. The van der Waals surface area contributed by atoms with Gasteiger partial charge in [0.1, 0.15) is 11.0 Å². The molecule has 1 aliphatic heterocycles. The van der Waals surface area contributed by atoms with Crippen molar-refractivity contribution in [2.75, 3.05) is 10.0 Å². The van der Waals surface area contributed by atoms with Crippen molar-refractivity contribution in [2.45, 2.75) is 17.7 Å². The van der Waals surface area contributed by atoms with Crippen molar-refractivity contribution in [3.05, 3.63) is 53.6 Å². The minimum Gasteiger partial charge on any atom is -0.326 e. The number of hydrogen-bond acceptors (Lipinski definition) is 4. The third-order valence-corrected chi connectivity index (χ3v) is 4.99. The van der Waals surface area contributed by atoms with Gasteiger partial charge in [-0.2, -0.15) is 5.26 Å². The van der Waals surface area contributed by atoms with Crippen LogP contribution in [0.3, 0.4) is 0 Å². The molecule has 0 unspecified atom stereocenters. The van der Waals surface area contributed by atoms with Crippen LogP contribution < -0.4 is 10.0 Å². The van der Waals surface area contributed by atoms with Gasteiger partial charge in [0.2, 0.25) is 5.91 Å². The number of nitrogens with zero attached hydrogens (tertiary/aromatic N) is 1. The molecule has 0 fully saturated rings. The third kappa shape index (κ3) is 3.03. The van der Waals surface area contributed by atoms with E-state index < -0.39 is 10.0 Å². The summed E-state index contributed by atoms with van der Waals surface area (Å²) in [6, 6.07) is 12.8. The molecule has 1 heterocycles. The van der Waals surface area contributed by atoms with E-state index in [1.54, 1.807) is 30.3 Å². The van der Waals surface area contributed by atoms with Crippen molar-refractivity contribution in [3.8, 4) is 6.07 Å². The number of fused-ring (bicyclic) bond motifs is 1.